The first-order valence-electron chi connectivity index (χ1n) is 7.10. The molecule has 124 valence electrons. The number of fused-ring (bicyclic) bond motifs is 2. The van der Waals surface area contributed by atoms with Crippen LogP contribution in [0.2, 0.25) is 0 Å². The summed E-state index contributed by atoms with van der Waals surface area (Å²) in [7, 11) is 0. The molecule has 2 fully saturated rings. The number of nitrogen functional groups attached to an aromatic ring is 1. The summed E-state index contributed by atoms with van der Waals surface area (Å²) < 4.78 is 23.3. The van der Waals surface area contributed by atoms with Gasteiger partial charge in [-0.2, -0.15) is 9.97 Å². The molecule has 0 aromatic carbocycles. The van der Waals surface area contributed by atoms with Crippen LogP contribution in [-0.4, -0.2) is 56.2 Å². The lowest BCUT2D eigenvalue weighted by atomic mass is 10.1. The third-order valence-electron chi connectivity index (χ3n) is 3.70. The fraction of sp³-hybridized carbons (Fsp3) is 0.583. The molecule has 10 nitrogen and oxygen atoms in total. The molecule has 0 aliphatic carbocycles. The predicted octanol–water partition coefficient (Wildman–Crippen LogP) is 0.0441. The van der Waals surface area contributed by atoms with Crippen LogP contribution in [0.15, 0.2) is 6.33 Å². The molecule has 3 N–H and O–H groups in total. The zero-order valence-electron chi connectivity index (χ0n) is 12.2. The Hall–Kier alpha value is -1.66. The van der Waals surface area contributed by atoms with Gasteiger partial charge in [0.1, 0.15) is 18.3 Å². The second-order valence-corrected chi connectivity index (χ2v) is 5.68. The number of hydrogen-bond donors (Lipinski definition) is 2. The van der Waals surface area contributed by atoms with E-state index in [0.717, 1.165) is 12.3 Å². The maximum absolute atomic E-state index is 10.5. The van der Waals surface area contributed by atoms with Crippen molar-refractivity contribution >= 4 is 29.4 Å². The number of rotatable bonds is 3. The van der Waals surface area contributed by atoms with E-state index in [9.17, 15) is 5.11 Å². The van der Waals surface area contributed by atoms with Crippen LogP contribution < -0.4 is 10.5 Å². The minimum Gasteiger partial charge on any atom is -0.476 e. The van der Waals surface area contributed by atoms with Crippen LogP contribution in [0.1, 0.15) is 13.2 Å². The summed E-state index contributed by atoms with van der Waals surface area (Å²) in [6.45, 7) is 2.59. The molecule has 4 heterocycles. The van der Waals surface area contributed by atoms with Crippen LogP contribution in [0.3, 0.4) is 0 Å². The molecule has 0 radical (unpaired) electrons. The second kappa shape index (κ2) is 5.76. The minimum absolute atomic E-state index is 0.0581. The Morgan fingerprint density at radius 3 is 3.17 bits per heavy atom. The van der Waals surface area contributed by atoms with E-state index in [1.807, 2.05) is 6.92 Å². The van der Waals surface area contributed by atoms with Gasteiger partial charge < -0.3 is 20.3 Å². The SMILES string of the molecule is CCOc1nc(N)nc2c1ncn2[C@@H]1O[C@@H]2COSO[C@H]2[C@H]1O. The Morgan fingerprint density at radius 2 is 2.39 bits per heavy atom. The molecule has 2 aliphatic heterocycles. The Bertz CT molecular complexity index is 727. The Labute approximate surface area is 135 Å². The van der Waals surface area contributed by atoms with Crippen LogP contribution in [0.5, 0.6) is 5.88 Å². The summed E-state index contributed by atoms with van der Waals surface area (Å²) in [4.78, 5) is 12.5. The lowest BCUT2D eigenvalue weighted by molar-refractivity contribution is -0.0498. The van der Waals surface area contributed by atoms with Gasteiger partial charge >= 0.3 is 0 Å². The number of nitrogens with two attached hydrogens (primary N) is 1. The Morgan fingerprint density at radius 1 is 1.52 bits per heavy atom. The number of imidazole rings is 1. The molecule has 2 aromatic rings. The lowest BCUT2D eigenvalue weighted by Gasteiger charge is -2.22. The van der Waals surface area contributed by atoms with Crippen LogP contribution in [0.25, 0.3) is 11.2 Å². The van der Waals surface area contributed by atoms with E-state index >= 15 is 0 Å². The van der Waals surface area contributed by atoms with Crippen molar-refractivity contribution in [1.82, 2.24) is 19.5 Å². The first-order chi connectivity index (χ1) is 11.2. The van der Waals surface area contributed by atoms with Gasteiger partial charge in [-0.3, -0.25) is 12.9 Å². The summed E-state index contributed by atoms with van der Waals surface area (Å²) in [5, 5.41) is 10.5. The number of anilines is 1. The third kappa shape index (κ3) is 2.40. The molecular weight excluding hydrogens is 326 g/mol. The average molecular weight is 341 g/mol. The average Bonchev–Trinajstić information content (AvgIpc) is 3.09. The number of nitrogens with zero attached hydrogens (tertiary/aromatic N) is 4. The van der Waals surface area contributed by atoms with E-state index in [-0.39, 0.29) is 12.1 Å². The van der Waals surface area contributed by atoms with Gasteiger partial charge in [0.2, 0.25) is 11.8 Å². The molecule has 0 saturated carbocycles. The normalized spacial score (nSPS) is 30.5. The van der Waals surface area contributed by atoms with Crippen molar-refractivity contribution in [2.45, 2.75) is 31.5 Å². The van der Waals surface area contributed by atoms with Crippen LogP contribution in [0.4, 0.5) is 5.95 Å². The second-order valence-electron chi connectivity index (χ2n) is 5.11. The van der Waals surface area contributed by atoms with E-state index in [4.69, 9.17) is 23.6 Å². The molecule has 4 atom stereocenters. The van der Waals surface area contributed by atoms with Crippen LogP contribution in [0, 0.1) is 0 Å². The van der Waals surface area contributed by atoms with Gasteiger partial charge in [0, 0.05) is 0 Å². The van der Waals surface area contributed by atoms with Crippen LogP contribution in [-0.2, 0) is 13.1 Å². The van der Waals surface area contributed by atoms with Gasteiger partial charge in [0.05, 0.1) is 19.5 Å². The summed E-state index contributed by atoms with van der Waals surface area (Å²) in [6.07, 6.45) is -0.928. The fourth-order valence-corrected chi connectivity index (χ4v) is 3.27. The highest BCUT2D eigenvalue weighted by molar-refractivity contribution is 7.89. The van der Waals surface area contributed by atoms with Gasteiger partial charge in [0.25, 0.3) is 0 Å². The van der Waals surface area contributed by atoms with Crippen molar-refractivity contribution in [3.63, 3.8) is 0 Å². The number of aliphatic hydroxyl groups excluding tert-OH is 1. The molecule has 2 aromatic heterocycles. The molecule has 23 heavy (non-hydrogen) atoms. The van der Waals surface area contributed by atoms with Crippen LogP contribution >= 0.6 is 12.3 Å². The maximum atomic E-state index is 10.5. The molecular formula is C12H15N5O5S. The van der Waals surface area contributed by atoms with E-state index in [2.05, 4.69) is 15.0 Å². The zero-order chi connectivity index (χ0) is 16.0. The Kier molecular flexibility index (Phi) is 3.73. The van der Waals surface area contributed by atoms with Crippen molar-refractivity contribution in [2.75, 3.05) is 18.9 Å². The van der Waals surface area contributed by atoms with Crippen molar-refractivity contribution in [3.8, 4) is 5.88 Å². The van der Waals surface area contributed by atoms with Gasteiger partial charge in [-0.1, -0.05) is 0 Å². The van der Waals surface area contributed by atoms with Crippen molar-refractivity contribution in [2.24, 2.45) is 0 Å². The van der Waals surface area contributed by atoms with Crippen molar-refractivity contribution < 1.29 is 22.9 Å². The topological polar surface area (TPSA) is 127 Å². The van der Waals surface area contributed by atoms with E-state index < -0.39 is 18.4 Å². The van der Waals surface area contributed by atoms with Gasteiger partial charge in [0.15, 0.2) is 29.7 Å². The molecule has 2 saturated heterocycles. The van der Waals surface area contributed by atoms with E-state index in [1.165, 1.54) is 6.33 Å². The molecule has 0 spiro atoms. The standard InChI is InChI=1S/C12H15N5O5S/c1-2-19-10-6-9(15-12(13)16-10)17(4-14-6)11-7(18)8-5(21-11)3-20-23-22-8/h4-5,7-8,11,18H,2-3H2,1H3,(H2,13,15,16)/t5-,7-,8-,11-/m1/s1. The molecule has 0 amide bonds. The van der Waals surface area contributed by atoms with E-state index in [0.29, 0.717) is 30.3 Å². The summed E-state index contributed by atoms with van der Waals surface area (Å²) in [5.41, 5.74) is 6.62. The van der Waals surface area contributed by atoms with E-state index in [1.54, 1.807) is 4.57 Å². The smallest absolute Gasteiger partial charge is 0.247 e. The number of aliphatic hydroxyl groups is 1. The molecule has 0 bridgehead atoms. The molecule has 4 rings (SSSR count). The number of aromatic nitrogens is 4. The third-order valence-corrected chi connectivity index (χ3v) is 4.24. The number of hydrogen-bond acceptors (Lipinski definition) is 10. The summed E-state index contributed by atoms with van der Waals surface area (Å²) in [5.74, 6) is 0.358. The molecule has 11 heteroatoms. The predicted molar refractivity (Wildman–Crippen MR) is 79.2 cm³/mol. The van der Waals surface area contributed by atoms with Gasteiger partial charge in [-0.25, -0.2) is 4.98 Å². The molecule has 0 unspecified atom stereocenters. The lowest BCUT2D eigenvalue weighted by Crippen LogP contribution is -2.37. The first-order valence-corrected chi connectivity index (χ1v) is 7.77. The summed E-state index contributed by atoms with van der Waals surface area (Å²) >= 11 is 0.859. The fourth-order valence-electron chi connectivity index (χ4n) is 2.70. The van der Waals surface area contributed by atoms with Crippen molar-refractivity contribution in [1.29, 1.82) is 0 Å². The largest absolute Gasteiger partial charge is 0.476 e. The zero-order valence-corrected chi connectivity index (χ0v) is 13.0. The quantitative estimate of drug-likeness (QED) is 0.739. The van der Waals surface area contributed by atoms with Gasteiger partial charge in [-0.15, -0.1) is 0 Å². The van der Waals surface area contributed by atoms with Gasteiger partial charge in [-0.05, 0) is 6.92 Å². The maximum Gasteiger partial charge on any atom is 0.247 e. The highest BCUT2D eigenvalue weighted by atomic mass is 32.2. The van der Waals surface area contributed by atoms with Crippen molar-refractivity contribution in [3.05, 3.63) is 6.33 Å². The molecule has 2 aliphatic rings. The Balaban J connectivity index is 1.74. The first kappa shape index (κ1) is 14.9. The highest BCUT2D eigenvalue weighted by Gasteiger charge is 2.48. The summed E-state index contributed by atoms with van der Waals surface area (Å²) in [6, 6.07) is 0. The number of ether oxygens (including phenoxy) is 2. The highest BCUT2D eigenvalue weighted by Crippen LogP contribution is 2.38. The monoisotopic (exact) mass is 341 g/mol. The minimum atomic E-state index is -0.888.